The van der Waals surface area contributed by atoms with E-state index in [4.69, 9.17) is 4.84 Å². The molecule has 3 atom stereocenters. The van der Waals surface area contributed by atoms with Crippen molar-refractivity contribution >= 4 is 28.7 Å². The average Bonchev–Trinajstić information content (AvgIpc) is 3.52. The molecule has 0 spiro atoms. The molecule has 2 aliphatic heterocycles. The molecular formula is C23H27N5O5S. The topological polar surface area (TPSA) is 122 Å². The molecule has 2 unspecified atom stereocenters. The Hall–Kier alpha value is -2.89. The second-order valence-corrected chi connectivity index (χ2v) is 10.5. The zero-order valence-corrected chi connectivity index (χ0v) is 20.0. The fraction of sp³-hybridized carbons (Fsp3) is 0.478. The van der Waals surface area contributed by atoms with Crippen LogP contribution in [0.1, 0.15) is 30.9 Å². The number of thioether (sulfide) groups is 1. The minimum atomic E-state index is -0.815. The number of pyridine rings is 1. The summed E-state index contributed by atoms with van der Waals surface area (Å²) >= 11 is 1.39. The number of aromatic amines is 1. The second-order valence-electron chi connectivity index (χ2n) is 9.27. The highest BCUT2D eigenvalue weighted by molar-refractivity contribution is 8.00. The Morgan fingerprint density at radius 1 is 1.38 bits per heavy atom. The molecule has 3 aromatic heterocycles. The molecule has 5 heterocycles. The summed E-state index contributed by atoms with van der Waals surface area (Å²) in [5.74, 6) is -1.02. The van der Waals surface area contributed by atoms with Crippen molar-refractivity contribution in [1.29, 1.82) is 0 Å². The van der Waals surface area contributed by atoms with Gasteiger partial charge in [0.25, 0.3) is 11.5 Å². The minimum Gasteiger partial charge on any atom is -0.389 e. The van der Waals surface area contributed by atoms with Crippen molar-refractivity contribution in [2.75, 3.05) is 13.2 Å². The first-order valence-corrected chi connectivity index (χ1v) is 12.2. The molecule has 11 heteroatoms. The Morgan fingerprint density at radius 2 is 2.18 bits per heavy atom. The number of carbonyl (C=O) groups excluding carboxylic acids is 1. The third-order valence-electron chi connectivity index (χ3n) is 6.29. The van der Waals surface area contributed by atoms with Gasteiger partial charge >= 0.3 is 5.69 Å². The quantitative estimate of drug-likeness (QED) is 0.517. The summed E-state index contributed by atoms with van der Waals surface area (Å²) < 4.78 is 2.70. The van der Waals surface area contributed by atoms with Gasteiger partial charge in [0.2, 0.25) is 0 Å². The maximum absolute atomic E-state index is 13.7. The molecule has 5 rings (SSSR count). The van der Waals surface area contributed by atoms with Crippen LogP contribution >= 0.6 is 11.8 Å². The third kappa shape index (κ3) is 3.77. The zero-order chi connectivity index (χ0) is 24.1. The summed E-state index contributed by atoms with van der Waals surface area (Å²) in [5, 5.41) is 12.2. The van der Waals surface area contributed by atoms with E-state index < -0.39 is 17.6 Å². The number of nitrogens with zero attached hydrogens (tertiary/aromatic N) is 4. The lowest BCUT2D eigenvalue weighted by Gasteiger charge is -2.23. The van der Waals surface area contributed by atoms with Crippen molar-refractivity contribution in [2.45, 2.75) is 49.1 Å². The van der Waals surface area contributed by atoms with E-state index in [1.54, 1.807) is 10.8 Å². The maximum atomic E-state index is 13.7. The van der Waals surface area contributed by atoms with Crippen LogP contribution in [0.3, 0.4) is 0 Å². The van der Waals surface area contributed by atoms with Gasteiger partial charge in [0, 0.05) is 36.6 Å². The molecule has 1 fully saturated rings. The van der Waals surface area contributed by atoms with E-state index in [1.165, 1.54) is 18.8 Å². The first kappa shape index (κ1) is 22.9. The zero-order valence-electron chi connectivity index (χ0n) is 19.2. The Labute approximate surface area is 199 Å². The molecule has 180 valence electrons. The number of β-amino-alcohol motifs (C(OH)–C–C–N with tert-alkyl or cyclic N) is 1. The van der Waals surface area contributed by atoms with Crippen LogP contribution in [0, 0.1) is 5.92 Å². The Morgan fingerprint density at radius 3 is 2.88 bits per heavy atom. The van der Waals surface area contributed by atoms with Crippen LogP contribution < -0.4 is 11.2 Å². The highest BCUT2D eigenvalue weighted by Gasteiger charge is 2.46. The number of nitrogens with one attached hydrogen (secondary N) is 1. The van der Waals surface area contributed by atoms with E-state index in [-0.39, 0.29) is 35.9 Å². The van der Waals surface area contributed by atoms with Gasteiger partial charge in [-0.1, -0.05) is 13.8 Å². The largest absolute Gasteiger partial charge is 0.389 e. The van der Waals surface area contributed by atoms with Gasteiger partial charge in [0.05, 0.1) is 29.2 Å². The van der Waals surface area contributed by atoms with Gasteiger partial charge < -0.3 is 10.1 Å². The predicted octanol–water partition coefficient (Wildman–Crippen LogP) is 1.01. The van der Waals surface area contributed by atoms with Gasteiger partial charge in [0.1, 0.15) is 12.3 Å². The highest BCUT2D eigenvalue weighted by atomic mass is 32.2. The standard InChI is InChI=1S/C23H27N5O5S/c1-12(2)9-27-22-18(20(30)26(3)23(27)32)17(21(31)28-10-14(29)11-33-28)16(34-22)7-13-8-25-19-15(13)5-4-6-24-19/h4-6,8,12,14,16-17,29H,7,9-11H2,1-3H3,(H,24,25)/t14-,16?,17?/m0/s1. The number of aliphatic hydroxyl groups excluding tert-OH is 1. The molecule has 34 heavy (non-hydrogen) atoms. The van der Waals surface area contributed by atoms with Gasteiger partial charge in [-0.2, -0.15) is 0 Å². The molecule has 2 aliphatic rings. The van der Waals surface area contributed by atoms with Crippen LogP contribution in [0.2, 0.25) is 0 Å². The van der Waals surface area contributed by atoms with Crippen LogP contribution in [0.4, 0.5) is 0 Å². The van der Waals surface area contributed by atoms with Crippen LogP contribution in [0.15, 0.2) is 39.1 Å². The fourth-order valence-electron chi connectivity index (χ4n) is 4.71. The lowest BCUT2D eigenvalue weighted by atomic mass is 9.92. The summed E-state index contributed by atoms with van der Waals surface area (Å²) in [7, 11) is 1.45. The lowest BCUT2D eigenvalue weighted by molar-refractivity contribution is -0.170. The van der Waals surface area contributed by atoms with Crippen molar-refractivity contribution in [1.82, 2.24) is 24.2 Å². The van der Waals surface area contributed by atoms with E-state index in [1.807, 2.05) is 32.2 Å². The van der Waals surface area contributed by atoms with Gasteiger partial charge in [-0.05, 0) is 30.0 Å². The molecule has 0 bridgehead atoms. The SMILES string of the molecule is CC(C)Cn1c2c(c(=O)n(C)c1=O)C(C(=O)N1C[C@H](O)CO1)C(Cc1c[nH]c3ncccc13)S2. The lowest BCUT2D eigenvalue weighted by Crippen LogP contribution is -2.44. The molecule has 2 N–H and O–H groups in total. The van der Waals surface area contributed by atoms with Crippen molar-refractivity contribution in [2.24, 2.45) is 13.0 Å². The van der Waals surface area contributed by atoms with Gasteiger partial charge in [-0.15, -0.1) is 11.8 Å². The number of carbonyl (C=O) groups is 1. The van der Waals surface area contributed by atoms with Crippen molar-refractivity contribution < 1.29 is 14.7 Å². The smallest absolute Gasteiger partial charge is 0.331 e. The van der Waals surface area contributed by atoms with Crippen LogP contribution in [0.25, 0.3) is 11.0 Å². The first-order valence-electron chi connectivity index (χ1n) is 11.3. The Kier molecular flexibility index (Phi) is 5.86. The van der Waals surface area contributed by atoms with Crippen molar-refractivity contribution in [3.05, 3.63) is 56.5 Å². The van der Waals surface area contributed by atoms with Crippen molar-refractivity contribution in [3.63, 3.8) is 0 Å². The van der Waals surface area contributed by atoms with Gasteiger partial charge in [-0.3, -0.25) is 23.6 Å². The average molecular weight is 486 g/mol. The van der Waals surface area contributed by atoms with E-state index in [9.17, 15) is 19.5 Å². The molecule has 10 nitrogen and oxygen atoms in total. The molecular weight excluding hydrogens is 458 g/mol. The normalized spacial score (nSPS) is 22.1. The monoisotopic (exact) mass is 485 g/mol. The van der Waals surface area contributed by atoms with E-state index in [2.05, 4.69) is 9.97 Å². The first-order chi connectivity index (χ1) is 16.3. The fourth-order valence-corrected chi connectivity index (χ4v) is 6.27. The van der Waals surface area contributed by atoms with E-state index in [0.717, 1.165) is 26.2 Å². The number of amides is 1. The molecule has 0 aromatic carbocycles. The summed E-state index contributed by atoms with van der Waals surface area (Å²) in [6.45, 7) is 4.52. The number of rotatable bonds is 5. The van der Waals surface area contributed by atoms with Crippen LogP contribution in [0.5, 0.6) is 0 Å². The molecule has 0 aliphatic carbocycles. The third-order valence-corrected chi connectivity index (χ3v) is 7.70. The van der Waals surface area contributed by atoms with E-state index >= 15 is 0 Å². The molecule has 3 aromatic rings. The molecule has 0 radical (unpaired) electrons. The Balaban J connectivity index is 1.63. The number of hydrogen-bond donors (Lipinski definition) is 2. The Bertz CT molecular complexity index is 1380. The second kappa shape index (κ2) is 8.71. The number of fused-ring (bicyclic) bond motifs is 2. The van der Waals surface area contributed by atoms with E-state index in [0.29, 0.717) is 23.6 Å². The number of aromatic nitrogens is 4. The minimum absolute atomic E-state index is 0.0299. The van der Waals surface area contributed by atoms with Gasteiger partial charge in [0.15, 0.2) is 0 Å². The number of aliphatic hydroxyl groups is 1. The summed E-state index contributed by atoms with van der Waals surface area (Å²) in [6, 6.07) is 3.82. The predicted molar refractivity (Wildman–Crippen MR) is 127 cm³/mol. The number of hydroxylamine groups is 2. The van der Waals surface area contributed by atoms with Gasteiger partial charge in [-0.25, -0.2) is 14.8 Å². The van der Waals surface area contributed by atoms with Crippen LogP contribution in [-0.4, -0.2) is 59.7 Å². The summed E-state index contributed by atoms with van der Waals surface area (Å²) in [6.07, 6.45) is 3.29. The van der Waals surface area contributed by atoms with Crippen LogP contribution in [-0.2, 0) is 29.6 Å². The summed E-state index contributed by atoms with van der Waals surface area (Å²) in [5.41, 5.74) is 1.20. The molecule has 0 saturated carbocycles. The number of H-pyrrole nitrogens is 1. The highest BCUT2D eigenvalue weighted by Crippen LogP contribution is 2.46. The summed E-state index contributed by atoms with van der Waals surface area (Å²) in [4.78, 5) is 52.9. The molecule has 1 saturated heterocycles. The number of hydrogen-bond acceptors (Lipinski definition) is 7. The molecule has 1 amide bonds. The maximum Gasteiger partial charge on any atom is 0.331 e. The van der Waals surface area contributed by atoms with Crippen molar-refractivity contribution in [3.8, 4) is 0 Å².